The topological polar surface area (TPSA) is 91.7 Å². The molecule has 0 aliphatic carbocycles. The number of methoxy groups -OCH3 is 2. The number of fused-ring (bicyclic) bond motifs is 1. The molecule has 4 rings (SSSR count). The summed E-state index contributed by atoms with van der Waals surface area (Å²) in [6.07, 6.45) is 1.77. The van der Waals surface area contributed by atoms with Crippen molar-refractivity contribution in [3.05, 3.63) is 66.4 Å². The molecule has 0 fully saturated rings. The highest BCUT2D eigenvalue weighted by molar-refractivity contribution is 5.93. The van der Waals surface area contributed by atoms with Gasteiger partial charge in [0, 0.05) is 16.7 Å². The van der Waals surface area contributed by atoms with Gasteiger partial charge in [-0.2, -0.15) is 5.10 Å². The van der Waals surface area contributed by atoms with E-state index in [0.29, 0.717) is 17.1 Å². The average molecular weight is 374 g/mol. The largest absolute Gasteiger partial charge is 0.493 e. The van der Waals surface area contributed by atoms with Gasteiger partial charge in [-0.15, -0.1) is 0 Å². The zero-order chi connectivity index (χ0) is 19.7. The van der Waals surface area contributed by atoms with Gasteiger partial charge in [0.1, 0.15) is 0 Å². The average Bonchev–Trinajstić information content (AvgIpc) is 3.16. The molecule has 0 saturated carbocycles. The lowest BCUT2D eigenvalue weighted by Crippen LogP contribution is -2.10. The van der Waals surface area contributed by atoms with Crippen LogP contribution in [0.5, 0.6) is 11.5 Å². The van der Waals surface area contributed by atoms with Gasteiger partial charge in [-0.25, -0.2) is 9.50 Å². The van der Waals surface area contributed by atoms with Crippen LogP contribution in [0.4, 0.5) is 0 Å². The summed E-state index contributed by atoms with van der Waals surface area (Å²) in [6, 6.07) is 16.5. The monoisotopic (exact) mass is 374 g/mol. The molecule has 0 spiro atoms. The number of amides is 1. The number of hydrogen-bond acceptors (Lipinski definition) is 5. The minimum atomic E-state index is -0.458. The van der Waals surface area contributed by atoms with Gasteiger partial charge in [-0.3, -0.25) is 4.79 Å². The highest BCUT2D eigenvalue weighted by atomic mass is 16.5. The molecule has 7 nitrogen and oxygen atoms in total. The maximum atomic E-state index is 11.3. The molecule has 2 aromatic carbocycles. The van der Waals surface area contributed by atoms with Crippen LogP contribution in [-0.2, 0) is 0 Å². The number of ether oxygens (including phenoxy) is 2. The van der Waals surface area contributed by atoms with Crippen LogP contribution >= 0.6 is 0 Å². The van der Waals surface area contributed by atoms with Crippen LogP contribution in [0.15, 0.2) is 60.8 Å². The zero-order valence-electron chi connectivity index (χ0n) is 15.4. The standard InChI is InChI=1S/C21H18N4O3/c1-27-18-9-7-15(11-19(18)28-2)17-12-23-20-10-8-16(24-25(17)20)13-3-5-14(6-4-13)21(22)26/h3-12H,1-2H3,(H2,22,26). The van der Waals surface area contributed by atoms with Gasteiger partial charge in [-0.05, 0) is 42.5 Å². The molecule has 2 aromatic heterocycles. The van der Waals surface area contributed by atoms with Gasteiger partial charge in [0.05, 0.1) is 31.8 Å². The van der Waals surface area contributed by atoms with Crippen molar-refractivity contribution in [3.8, 4) is 34.0 Å². The van der Waals surface area contributed by atoms with Crippen molar-refractivity contribution in [2.75, 3.05) is 14.2 Å². The molecule has 4 aromatic rings. The summed E-state index contributed by atoms with van der Waals surface area (Å²) in [5.74, 6) is 0.830. The minimum Gasteiger partial charge on any atom is -0.493 e. The van der Waals surface area contributed by atoms with Gasteiger partial charge >= 0.3 is 0 Å². The third kappa shape index (κ3) is 3.03. The Hall–Kier alpha value is -3.87. The Morgan fingerprint density at radius 1 is 0.929 bits per heavy atom. The maximum absolute atomic E-state index is 11.3. The van der Waals surface area contributed by atoms with Crippen LogP contribution in [0.1, 0.15) is 10.4 Å². The number of aromatic nitrogens is 3. The fraction of sp³-hybridized carbons (Fsp3) is 0.0952. The van der Waals surface area contributed by atoms with Gasteiger partial charge in [-0.1, -0.05) is 12.1 Å². The normalized spacial score (nSPS) is 10.8. The summed E-state index contributed by atoms with van der Waals surface area (Å²) in [4.78, 5) is 15.7. The van der Waals surface area contributed by atoms with Crippen molar-refractivity contribution < 1.29 is 14.3 Å². The number of nitrogens with zero attached hydrogens (tertiary/aromatic N) is 3. The molecule has 7 heteroatoms. The van der Waals surface area contributed by atoms with Crippen molar-refractivity contribution in [2.24, 2.45) is 5.73 Å². The number of carbonyl (C=O) groups is 1. The van der Waals surface area contributed by atoms with E-state index in [-0.39, 0.29) is 0 Å². The number of hydrogen-bond donors (Lipinski definition) is 1. The summed E-state index contributed by atoms with van der Waals surface area (Å²) in [7, 11) is 3.20. The molecule has 140 valence electrons. The van der Waals surface area contributed by atoms with Crippen LogP contribution in [-0.4, -0.2) is 34.7 Å². The summed E-state index contributed by atoms with van der Waals surface area (Å²) >= 11 is 0. The Morgan fingerprint density at radius 3 is 2.32 bits per heavy atom. The van der Waals surface area contributed by atoms with Crippen LogP contribution in [0.2, 0.25) is 0 Å². The first-order valence-electron chi connectivity index (χ1n) is 8.58. The second-order valence-electron chi connectivity index (χ2n) is 6.14. The third-order valence-electron chi connectivity index (χ3n) is 4.51. The maximum Gasteiger partial charge on any atom is 0.248 e. The summed E-state index contributed by atoms with van der Waals surface area (Å²) in [5, 5.41) is 4.72. The number of rotatable bonds is 5. The SMILES string of the molecule is COc1ccc(-c2cnc3ccc(-c4ccc(C(N)=O)cc4)nn23)cc1OC. The number of primary amides is 1. The van der Waals surface area contributed by atoms with E-state index in [1.807, 2.05) is 42.5 Å². The number of benzene rings is 2. The van der Waals surface area contributed by atoms with Crippen molar-refractivity contribution in [3.63, 3.8) is 0 Å². The fourth-order valence-electron chi connectivity index (χ4n) is 3.02. The first-order valence-corrected chi connectivity index (χ1v) is 8.58. The molecule has 0 unspecified atom stereocenters. The zero-order valence-corrected chi connectivity index (χ0v) is 15.4. The number of imidazole rings is 1. The van der Waals surface area contributed by atoms with E-state index in [1.54, 1.807) is 37.1 Å². The van der Waals surface area contributed by atoms with Gasteiger partial charge < -0.3 is 15.2 Å². The molecule has 2 heterocycles. The number of carbonyl (C=O) groups excluding carboxylic acids is 1. The van der Waals surface area contributed by atoms with E-state index in [2.05, 4.69) is 4.98 Å². The third-order valence-corrected chi connectivity index (χ3v) is 4.51. The van der Waals surface area contributed by atoms with E-state index < -0.39 is 5.91 Å². The fourth-order valence-corrected chi connectivity index (χ4v) is 3.02. The van der Waals surface area contributed by atoms with E-state index in [1.165, 1.54) is 0 Å². The molecule has 0 aliphatic rings. The van der Waals surface area contributed by atoms with E-state index in [4.69, 9.17) is 20.3 Å². The minimum absolute atomic E-state index is 0.457. The Bertz CT molecular complexity index is 1170. The van der Waals surface area contributed by atoms with Crippen molar-refractivity contribution in [1.29, 1.82) is 0 Å². The highest BCUT2D eigenvalue weighted by Gasteiger charge is 2.12. The van der Waals surface area contributed by atoms with Gasteiger partial charge in [0.2, 0.25) is 5.91 Å². The lowest BCUT2D eigenvalue weighted by molar-refractivity contribution is 0.100. The van der Waals surface area contributed by atoms with E-state index in [0.717, 1.165) is 28.2 Å². The summed E-state index contributed by atoms with van der Waals surface area (Å²) < 4.78 is 12.5. The van der Waals surface area contributed by atoms with Crippen molar-refractivity contribution in [2.45, 2.75) is 0 Å². The number of nitrogens with two attached hydrogens (primary N) is 1. The molecule has 28 heavy (non-hydrogen) atoms. The van der Waals surface area contributed by atoms with Gasteiger partial charge in [0.25, 0.3) is 0 Å². The first kappa shape index (κ1) is 17.5. The van der Waals surface area contributed by atoms with Gasteiger partial charge in [0.15, 0.2) is 17.1 Å². The summed E-state index contributed by atoms with van der Waals surface area (Å²) in [6.45, 7) is 0. The quantitative estimate of drug-likeness (QED) is 0.579. The highest BCUT2D eigenvalue weighted by Crippen LogP contribution is 2.32. The Balaban J connectivity index is 1.79. The van der Waals surface area contributed by atoms with Crippen LogP contribution in [0, 0.1) is 0 Å². The molecule has 0 saturated heterocycles. The van der Waals surface area contributed by atoms with Crippen molar-refractivity contribution >= 4 is 11.6 Å². The Labute approximate surface area is 161 Å². The van der Waals surface area contributed by atoms with E-state index in [9.17, 15) is 4.79 Å². The van der Waals surface area contributed by atoms with Crippen LogP contribution < -0.4 is 15.2 Å². The lowest BCUT2D eigenvalue weighted by atomic mass is 10.1. The van der Waals surface area contributed by atoms with Crippen molar-refractivity contribution in [1.82, 2.24) is 14.6 Å². The molecule has 0 aliphatic heterocycles. The molecule has 0 bridgehead atoms. The molecule has 1 amide bonds. The predicted octanol–water partition coefficient (Wildman–Crippen LogP) is 3.18. The van der Waals surface area contributed by atoms with Crippen LogP contribution in [0.3, 0.4) is 0 Å². The smallest absolute Gasteiger partial charge is 0.248 e. The van der Waals surface area contributed by atoms with Crippen LogP contribution in [0.25, 0.3) is 28.2 Å². The predicted molar refractivity (Wildman–Crippen MR) is 105 cm³/mol. The molecular formula is C21H18N4O3. The molecule has 0 atom stereocenters. The molecular weight excluding hydrogens is 356 g/mol. The second kappa shape index (κ2) is 7.03. The second-order valence-corrected chi connectivity index (χ2v) is 6.14. The first-order chi connectivity index (χ1) is 13.6. The Kier molecular flexibility index (Phi) is 4.41. The lowest BCUT2D eigenvalue weighted by Gasteiger charge is -2.09. The Morgan fingerprint density at radius 2 is 1.64 bits per heavy atom. The molecule has 0 radical (unpaired) electrons. The summed E-state index contributed by atoms with van der Waals surface area (Å²) in [5.41, 5.74) is 9.84. The molecule has 2 N–H and O–H groups in total. The van der Waals surface area contributed by atoms with E-state index >= 15 is 0 Å².